The molecule has 202 valence electrons. The average Bonchev–Trinajstić information content (AvgIpc) is 2.87. The molecule has 1 amide bonds. The molecule has 3 aliphatic heterocycles. The van der Waals surface area contributed by atoms with Gasteiger partial charge in [-0.1, -0.05) is 6.42 Å². The summed E-state index contributed by atoms with van der Waals surface area (Å²) in [6.45, 7) is 3.75. The Morgan fingerprint density at radius 3 is 2.61 bits per heavy atom. The third-order valence-corrected chi connectivity index (χ3v) is 9.12. The maximum atomic E-state index is 13.6. The van der Waals surface area contributed by atoms with E-state index in [2.05, 4.69) is 10.2 Å². The lowest BCUT2D eigenvalue weighted by Gasteiger charge is -2.43. The highest BCUT2D eigenvalue weighted by atomic mass is 32.2. The molecule has 0 saturated carbocycles. The lowest BCUT2D eigenvalue weighted by atomic mass is 9.96. The SMILES string of the molecule is COc1ccc(S(=O)(=O)N2C[C@H](O)COC[C@H]3O[C@@H](CC(=O)NCCN4CCCCC4)CC[C@@H]32)cc1. The number of aliphatic hydroxyl groups excluding tert-OH is 1. The van der Waals surface area contributed by atoms with E-state index in [9.17, 15) is 18.3 Å². The molecule has 2 N–H and O–H groups in total. The van der Waals surface area contributed by atoms with Gasteiger partial charge in [0.2, 0.25) is 15.9 Å². The zero-order chi connectivity index (χ0) is 25.5. The minimum absolute atomic E-state index is 0.0167. The fourth-order valence-electron chi connectivity index (χ4n) is 5.27. The molecule has 3 saturated heterocycles. The van der Waals surface area contributed by atoms with Crippen LogP contribution in [0.15, 0.2) is 29.2 Å². The zero-order valence-electron chi connectivity index (χ0n) is 21.0. The van der Waals surface area contributed by atoms with Crippen molar-refractivity contribution >= 4 is 15.9 Å². The van der Waals surface area contributed by atoms with Crippen LogP contribution in [0.5, 0.6) is 5.75 Å². The number of β-amino-alcohol motifs (C(OH)–C–C–N with tert-alkyl or cyclic N) is 1. The molecule has 1 aromatic carbocycles. The number of aliphatic hydroxyl groups is 1. The van der Waals surface area contributed by atoms with Crippen LogP contribution in [0.2, 0.25) is 0 Å². The van der Waals surface area contributed by atoms with Gasteiger partial charge in [0, 0.05) is 19.6 Å². The Balaban J connectivity index is 1.37. The van der Waals surface area contributed by atoms with Gasteiger partial charge in [0.15, 0.2) is 0 Å². The van der Waals surface area contributed by atoms with Crippen molar-refractivity contribution in [1.29, 1.82) is 0 Å². The molecule has 4 rings (SSSR count). The van der Waals surface area contributed by atoms with Gasteiger partial charge >= 0.3 is 0 Å². The van der Waals surface area contributed by atoms with Crippen LogP contribution in [0.1, 0.15) is 38.5 Å². The summed E-state index contributed by atoms with van der Waals surface area (Å²) in [4.78, 5) is 15.1. The summed E-state index contributed by atoms with van der Waals surface area (Å²) >= 11 is 0. The van der Waals surface area contributed by atoms with Crippen molar-refractivity contribution in [3.05, 3.63) is 24.3 Å². The number of nitrogens with one attached hydrogen (secondary N) is 1. The number of methoxy groups -OCH3 is 1. The maximum absolute atomic E-state index is 13.6. The molecule has 36 heavy (non-hydrogen) atoms. The number of amides is 1. The number of hydrogen-bond donors (Lipinski definition) is 2. The lowest BCUT2D eigenvalue weighted by molar-refractivity contribution is -0.146. The molecule has 3 aliphatic rings. The van der Waals surface area contributed by atoms with Crippen molar-refractivity contribution in [3.63, 3.8) is 0 Å². The molecular formula is C25H39N3O7S. The molecule has 0 unspecified atom stereocenters. The molecule has 0 spiro atoms. The molecular weight excluding hydrogens is 486 g/mol. The smallest absolute Gasteiger partial charge is 0.243 e. The second kappa shape index (κ2) is 12.7. The molecule has 3 fully saturated rings. The molecule has 3 heterocycles. The third kappa shape index (κ3) is 6.96. The standard InChI is InChI=1S/C25H39N3O7S/c1-33-20-5-8-22(9-6-20)36(31,32)28-16-19(29)17-34-18-24-23(28)10-7-21(35-24)15-25(30)26-11-14-27-12-3-2-4-13-27/h5-6,8-9,19,21,23-24,29H,2-4,7,10-18H2,1H3,(H,26,30)/t19-,21+,23-,24+/m0/s1. The van der Waals surface area contributed by atoms with Crippen molar-refractivity contribution in [2.75, 3.05) is 53.0 Å². The summed E-state index contributed by atoms with van der Waals surface area (Å²) < 4.78 is 45.5. The molecule has 11 heteroatoms. The van der Waals surface area contributed by atoms with E-state index >= 15 is 0 Å². The first-order valence-electron chi connectivity index (χ1n) is 12.9. The number of likely N-dealkylation sites (tertiary alicyclic amines) is 1. The van der Waals surface area contributed by atoms with E-state index in [0.717, 1.165) is 19.6 Å². The Morgan fingerprint density at radius 1 is 1.14 bits per heavy atom. The van der Waals surface area contributed by atoms with Crippen LogP contribution < -0.4 is 10.1 Å². The molecule has 4 atom stereocenters. The third-order valence-electron chi connectivity index (χ3n) is 7.21. The number of hydrogen-bond acceptors (Lipinski definition) is 8. The van der Waals surface area contributed by atoms with Gasteiger partial charge in [-0.2, -0.15) is 4.31 Å². The second-order valence-corrected chi connectivity index (χ2v) is 11.7. The van der Waals surface area contributed by atoms with Crippen molar-refractivity contribution in [1.82, 2.24) is 14.5 Å². The van der Waals surface area contributed by atoms with Crippen LogP contribution in [-0.2, 0) is 24.3 Å². The van der Waals surface area contributed by atoms with Gasteiger partial charge in [0.1, 0.15) is 5.75 Å². The van der Waals surface area contributed by atoms with E-state index in [-0.39, 0.29) is 43.1 Å². The summed E-state index contributed by atoms with van der Waals surface area (Å²) in [6, 6.07) is 5.72. The van der Waals surface area contributed by atoms with Gasteiger partial charge in [-0.05, 0) is 63.0 Å². The van der Waals surface area contributed by atoms with Crippen LogP contribution in [0.4, 0.5) is 0 Å². The summed E-state index contributed by atoms with van der Waals surface area (Å²) in [5.74, 6) is 0.506. The average molecular weight is 526 g/mol. The number of sulfonamides is 1. The first-order chi connectivity index (χ1) is 17.4. The molecule has 10 nitrogen and oxygen atoms in total. The molecule has 0 radical (unpaired) electrons. The number of rotatable bonds is 8. The highest BCUT2D eigenvalue weighted by Crippen LogP contribution is 2.32. The summed E-state index contributed by atoms with van der Waals surface area (Å²) in [6.07, 6.45) is 3.25. The molecule has 0 aliphatic carbocycles. The molecule has 0 bridgehead atoms. The Hall–Kier alpha value is -1.76. The number of carbonyl (C=O) groups excluding carboxylic acids is 1. The Morgan fingerprint density at radius 2 is 1.89 bits per heavy atom. The fourth-order valence-corrected chi connectivity index (χ4v) is 6.99. The van der Waals surface area contributed by atoms with Gasteiger partial charge in [-0.3, -0.25) is 4.79 Å². The topological polar surface area (TPSA) is 118 Å². The van der Waals surface area contributed by atoms with Gasteiger partial charge in [-0.15, -0.1) is 0 Å². The van der Waals surface area contributed by atoms with Crippen molar-refractivity contribution in [3.8, 4) is 5.75 Å². The molecule has 1 aromatic rings. The number of benzene rings is 1. The highest BCUT2D eigenvalue weighted by Gasteiger charge is 2.43. The quantitative estimate of drug-likeness (QED) is 0.516. The first kappa shape index (κ1) is 27.3. The normalized spacial score (nSPS) is 28.5. The summed E-state index contributed by atoms with van der Waals surface area (Å²) in [5, 5.41) is 13.4. The van der Waals surface area contributed by atoms with Crippen molar-refractivity contribution in [2.45, 2.75) is 67.8 Å². The van der Waals surface area contributed by atoms with E-state index in [0.29, 0.717) is 25.1 Å². The maximum Gasteiger partial charge on any atom is 0.243 e. The summed E-state index contributed by atoms with van der Waals surface area (Å²) in [5.41, 5.74) is 0. The second-order valence-electron chi connectivity index (χ2n) is 9.84. The lowest BCUT2D eigenvalue weighted by Crippen LogP contribution is -2.57. The molecule has 0 aromatic heterocycles. The van der Waals surface area contributed by atoms with Crippen LogP contribution in [0.3, 0.4) is 0 Å². The van der Waals surface area contributed by atoms with E-state index in [4.69, 9.17) is 14.2 Å². The van der Waals surface area contributed by atoms with E-state index in [1.807, 2.05) is 0 Å². The Bertz CT molecular complexity index is 953. The van der Waals surface area contributed by atoms with Crippen LogP contribution in [0, 0.1) is 0 Å². The first-order valence-corrected chi connectivity index (χ1v) is 14.4. The summed E-state index contributed by atoms with van der Waals surface area (Å²) in [7, 11) is -2.37. The highest BCUT2D eigenvalue weighted by molar-refractivity contribution is 7.89. The number of ether oxygens (including phenoxy) is 3. The van der Waals surface area contributed by atoms with E-state index in [1.54, 1.807) is 12.1 Å². The number of piperidine rings is 1. The van der Waals surface area contributed by atoms with Crippen LogP contribution >= 0.6 is 0 Å². The minimum atomic E-state index is -3.89. The van der Waals surface area contributed by atoms with E-state index < -0.39 is 28.3 Å². The van der Waals surface area contributed by atoms with Gasteiger partial charge in [0.05, 0.1) is 56.0 Å². The minimum Gasteiger partial charge on any atom is -0.497 e. The Kier molecular flexibility index (Phi) is 9.59. The van der Waals surface area contributed by atoms with Crippen molar-refractivity contribution in [2.24, 2.45) is 0 Å². The largest absolute Gasteiger partial charge is 0.497 e. The predicted octanol–water partition coefficient (Wildman–Crippen LogP) is 0.985. The van der Waals surface area contributed by atoms with Gasteiger partial charge in [0.25, 0.3) is 0 Å². The number of nitrogens with zero attached hydrogens (tertiary/aromatic N) is 2. The van der Waals surface area contributed by atoms with Gasteiger partial charge < -0.3 is 29.5 Å². The van der Waals surface area contributed by atoms with Gasteiger partial charge in [-0.25, -0.2) is 8.42 Å². The van der Waals surface area contributed by atoms with Crippen LogP contribution in [0.25, 0.3) is 0 Å². The fraction of sp³-hybridized carbons (Fsp3) is 0.720. The van der Waals surface area contributed by atoms with E-state index in [1.165, 1.54) is 42.8 Å². The van der Waals surface area contributed by atoms with Crippen LogP contribution in [-0.4, -0.2) is 106 Å². The van der Waals surface area contributed by atoms with Crippen molar-refractivity contribution < 1.29 is 32.5 Å². The zero-order valence-corrected chi connectivity index (χ0v) is 21.8. The number of fused-ring (bicyclic) bond motifs is 1. The monoisotopic (exact) mass is 525 g/mol. The number of carbonyl (C=O) groups is 1. The predicted molar refractivity (Wildman–Crippen MR) is 133 cm³/mol. The Labute approximate surface area is 213 Å².